The summed E-state index contributed by atoms with van der Waals surface area (Å²) in [5, 5.41) is 18.2. The van der Waals surface area contributed by atoms with Crippen LogP contribution in [0.5, 0.6) is 5.75 Å². The Labute approximate surface area is 358 Å². The fraction of sp³-hybridized carbons (Fsp3) is 0.250. The lowest BCUT2D eigenvalue weighted by atomic mass is 9.51. The first-order valence-electron chi connectivity index (χ1n) is 20.3. The molecule has 6 atom stereocenters. The minimum Gasteiger partial charge on any atom is -0.507 e. The van der Waals surface area contributed by atoms with Gasteiger partial charge in [0.15, 0.2) is 5.58 Å². The third kappa shape index (κ3) is 5.27. The van der Waals surface area contributed by atoms with Crippen LogP contribution in [0, 0.1) is 42.9 Å². The molecule has 304 valence electrons. The second-order valence-electron chi connectivity index (χ2n) is 16.9. The van der Waals surface area contributed by atoms with E-state index in [4.69, 9.17) is 21.1 Å². The van der Waals surface area contributed by atoms with Crippen LogP contribution < -0.4 is 9.80 Å². The summed E-state index contributed by atoms with van der Waals surface area (Å²) in [6, 6.07) is 27.5. The molecule has 13 heteroatoms. The topological polar surface area (TPSA) is 139 Å². The van der Waals surface area contributed by atoms with E-state index in [-0.39, 0.29) is 30.4 Å². The average Bonchev–Trinajstić information content (AvgIpc) is 4.04. The quantitative estimate of drug-likeness (QED) is 0.134. The smallest absolute Gasteiger partial charge is 0.242 e. The van der Waals surface area contributed by atoms with Crippen molar-refractivity contribution in [1.82, 2.24) is 14.8 Å². The Balaban J connectivity index is 0.971. The van der Waals surface area contributed by atoms with Crippen LogP contribution in [0.3, 0.4) is 0 Å². The predicted molar refractivity (Wildman–Crippen MR) is 233 cm³/mol. The molecule has 0 radical (unpaired) electrons. The molecule has 1 N–H and O–H groups in total. The predicted octanol–water partition coefficient (Wildman–Crippen LogP) is 9.52. The zero-order chi connectivity index (χ0) is 42.2. The van der Waals surface area contributed by atoms with Crippen molar-refractivity contribution < 1.29 is 28.7 Å². The van der Waals surface area contributed by atoms with Gasteiger partial charge in [-0.05, 0) is 111 Å². The summed E-state index contributed by atoms with van der Waals surface area (Å²) >= 11 is 7.91. The molecule has 6 unspecified atom stereocenters. The number of fused-ring (bicyclic) bond motifs is 6. The average molecular weight is 848 g/mol. The standard InChI is InChI=1S/C48H38ClN5O6S/c1-23-8-7-9-30(41(23)55)40-28-17-18-29-39(46(58)53(44(29)56)27-15-12-25(13-16-27)43-50-34-10-5-6-11-36(34)60-43)32(28)21-33-45(57)54(47(59)48(33,40)3)38-22-35(51-52(38)4)42-24(2)31-20-26(49)14-19-37(31)61-42/h5-17,19-20,22,29,32-33,39-40,55H,18,21H2,1-4H3. The first-order valence-corrected chi connectivity index (χ1v) is 21.5. The highest BCUT2D eigenvalue weighted by Gasteiger charge is 2.68. The SMILES string of the molecule is Cc1cccc(C2C3=CCC4C(=O)N(c5ccc(-c6nc7ccccc7o6)cc5)C(=O)C4C3CC3C(=O)N(c4cc(-c5sc6ccc(Cl)cc6c5C)nn4C)C(=O)C32C)c1O. The monoisotopic (exact) mass is 847 g/mol. The number of para-hydroxylation sites is 3. The van der Waals surface area contributed by atoms with E-state index in [9.17, 15) is 14.7 Å². The minimum atomic E-state index is -1.34. The number of phenolic OH excluding ortho intramolecular Hbond substituents is 1. The molecule has 2 aliphatic heterocycles. The lowest BCUT2D eigenvalue weighted by Gasteiger charge is -2.49. The first kappa shape index (κ1) is 37.6. The van der Waals surface area contributed by atoms with Crippen LogP contribution in [0.4, 0.5) is 11.5 Å². The molecule has 4 amide bonds. The molecule has 0 spiro atoms. The van der Waals surface area contributed by atoms with Gasteiger partial charge in [0.25, 0.3) is 0 Å². The number of carbonyl (C=O) groups excluding carboxylic acids is 4. The maximum Gasteiger partial charge on any atom is 0.242 e. The second kappa shape index (κ2) is 13.3. The van der Waals surface area contributed by atoms with Crippen molar-refractivity contribution in [2.45, 2.75) is 39.5 Å². The van der Waals surface area contributed by atoms with Crippen molar-refractivity contribution in [1.29, 1.82) is 0 Å². The number of aromatic nitrogens is 3. The third-order valence-corrected chi connectivity index (χ3v) is 15.3. The Kier molecular flexibility index (Phi) is 8.21. The minimum absolute atomic E-state index is 0.0347. The van der Waals surface area contributed by atoms with E-state index < -0.39 is 46.8 Å². The van der Waals surface area contributed by atoms with Gasteiger partial charge in [0.2, 0.25) is 29.5 Å². The highest BCUT2D eigenvalue weighted by atomic mass is 35.5. The first-order chi connectivity index (χ1) is 29.3. The lowest BCUT2D eigenvalue weighted by molar-refractivity contribution is -0.131. The van der Waals surface area contributed by atoms with Gasteiger partial charge < -0.3 is 9.52 Å². The zero-order valence-electron chi connectivity index (χ0n) is 33.5. The van der Waals surface area contributed by atoms with E-state index in [0.717, 1.165) is 31.6 Å². The van der Waals surface area contributed by atoms with Gasteiger partial charge in [-0.15, -0.1) is 11.3 Å². The van der Waals surface area contributed by atoms with Gasteiger partial charge in [-0.1, -0.05) is 53.6 Å². The number of phenols is 1. The van der Waals surface area contributed by atoms with Crippen LogP contribution in [0.1, 0.15) is 42.4 Å². The van der Waals surface area contributed by atoms with E-state index in [1.165, 1.54) is 9.80 Å². The summed E-state index contributed by atoms with van der Waals surface area (Å²) < 4.78 is 8.56. The number of benzene rings is 4. The second-order valence-corrected chi connectivity index (χ2v) is 18.4. The molecular weight excluding hydrogens is 810 g/mol. The molecular formula is C48H38ClN5O6S. The van der Waals surface area contributed by atoms with Crippen molar-refractivity contribution in [3.63, 3.8) is 0 Å². The van der Waals surface area contributed by atoms with Gasteiger partial charge in [-0.3, -0.25) is 28.8 Å². The molecule has 11 rings (SSSR count). The van der Waals surface area contributed by atoms with E-state index in [1.54, 1.807) is 72.5 Å². The van der Waals surface area contributed by atoms with E-state index >= 15 is 9.59 Å². The summed E-state index contributed by atoms with van der Waals surface area (Å²) in [7, 11) is 1.72. The molecule has 4 aromatic carbocycles. The van der Waals surface area contributed by atoms with Crippen molar-refractivity contribution in [3.8, 4) is 27.8 Å². The summed E-state index contributed by atoms with van der Waals surface area (Å²) in [5.41, 5.74) is 4.73. The van der Waals surface area contributed by atoms with Crippen LogP contribution in [-0.2, 0) is 26.2 Å². The number of carbonyl (C=O) groups is 4. The van der Waals surface area contributed by atoms with Crippen LogP contribution in [0.2, 0.25) is 5.02 Å². The Morgan fingerprint density at radius 2 is 1.67 bits per heavy atom. The van der Waals surface area contributed by atoms with Gasteiger partial charge in [-0.25, -0.2) is 9.88 Å². The van der Waals surface area contributed by atoms with Gasteiger partial charge in [0, 0.05) is 39.9 Å². The maximum atomic E-state index is 15.2. The molecule has 7 aromatic rings. The Bertz CT molecular complexity index is 3080. The summed E-state index contributed by atoms with van der Waals surface area (Å²) in [5.74, 6) is -4.26. The van der Waals surface area contributed by atoms with Crippen LogP contribution in [0.15, 0.2) is 107 Å². The Hall–Kier alpha value is -6.37. The number of aryl methyl sites for hydroxylation is 3. The van der Waals surface area contributed by atoms with Crippen molar-refractivity contribution in [2.75, 3.05) is 9.80 Å². The molecule has 3 fully saturated rings. The number of halogens is 1. The number of rotatable bonds is 5. The number of allylic oxidation sites excluding steroid dienone is 2. The number of hydrogen-bond acceptors (Lipinski definition) is 9. The maximum absolute atomic E-state index is 15.2. The van der Waals surface area contributed by atoms with E-state index in [2.05, 4.69) is 4.98 Å². The van der Waals surface area contributed by atoms with Gasteiger partial charge in [0.05, 0.1) is 33.7 Å². The summed E-state index contributed by atoms with van der Waals surface area (Å²) in [6.45, 7) is 5.62. The molecule has 61 heavy (non-hydrogen) atoms. The molecule has 4 aliphatic rings. The number of anilines is 2. The number of thiophene rings is 1. The van der Waals surface area contributed by atoms with Crippen LogP contribution >= 0.6 is 22.9 Å². The molecule has 0 bridgehead atoms. The molecule has 5 heterocycles. The fourth-order valence-corrected chi connectivity index (χ4v) is 12.0. The van der Waals surface area contributed by atoms with Gasteiger partial charge in [-0.2, -0.15) is 5.10 Å². The van der Waals surface area contributed by atoms with Crippen molar-refractivity contribution in [2.24, 2.45) is 36.1 Å². The molecule has 3 aromatic heterocycles. The number of aromatic hydroxyl groups is 1. The normalized spacial score (nSPS) is 24.8. The summed E-state index contributed by atoms with van der Waals surface area (Å²) in [6.07, 6.45) is 2.45. The van der Waals surface area contributed by atoms with Gasteiger partial charge >= 0.3 is 0 Å². The number of hydrogen-bond donors (Lipinski definition) is 1. The lowest BCUT2D eigenvalue weighted by Crippen LogP contribution is -2.49. The fourth-order valence-electron chi connectivity index (χ4n) is 10.7. The Morgan fingerprint density at radius 3 is 2.46 bits per heavy atom. The largest absolute Gasteiger partial charge is 0.507 e. The highest BCUT2D eigenvalue weighted by Crippen LogP contribution is 2.64. The number of nitrogens with zero attached hydrogens (tertiary/aromatic N) is 5. The van der Waals surface area contributed by atoms with Crippen molar-refractivity contribution in [3.05, 3.63) is 124 Å². The van der Waals surface area contributed by atoms with Gasteiger partial charge in [0.1, 0.15) is 22.8 Å². The third-order valence-electron chi connectivity index (χ3n) is 13.7. The molecule has 11 nitrogen and oxygen atoms in total. The van der Waals surface area contributed by atoms with E-state index in [1.807, 2.05) is 68.5 Å². The number of oxazole rings is 1. The Morgan fingerprint density at radius 1 is 0.885 bits per heavy atom. The number of imide groups is 2. The molecule has 2 aliphatic carbocycles. The number of amides is 4. The van der Waals surface area contributed by atoms with Crippen LogP contribution in [-0.4, -0.2) is 43.5 Å². The zero-order valence-corrected chi connectivity index (χ0v) is 35.1. The van der Waals surface area contributed by atoms with Crippen molar-refractivity contribution >= 4 is 79.3 Å². The molecule has 1 saturated carbocycles. The summed E-state index contributed by atoms with van der Waals surface area (Å²) in [4.78, 5) is 67.3. The molecule has 2 saturated heterocycles. The highest BCUT2D eigenvalue weighted by molar-refractivity contribution is 7.22. The van der Waals surface area contributed by atoms with E-state index in [0.29, 0.717) is 50.4 Å². The van der Waals surface area contributed by atoms with Crippen LogP contribution in [0.25, 0.3) is 43.2 Å².